The van der Waals surface area contributed by atoms with Gasteiger partial charge in [0.05, 0.1) is 0 Å². The molecule has 1 unspecified atom stereocenters. The fraction of sp³-hybridized carbons (Fsp3) is 0.100. The van der Waals surface area contributed by atoms with Crippen molar-refractivity contribution >= 4 is 10.8 Å². The highest BCUT2D eigenvalue weighted by Crippen LogP contribution is 2.57. The second kappa shape index (κ2) is 4.08. The fourth-order valence-corrected chi connectivity index (χ4v) is 3.23. The van der Waals surface area contributed by atoms with Crippen molar-refractivity contribution in [2.45, 2.75) is 11.8 Å². The molecule has 0 spiro atoms. The molecule has 1 aliphatic carbocycles. The van der Waals surface area contributed by atoms with Crippen LogP contribution in [0.3, 0.4) is 0 Å². The van der Waals surface area contributed by atoms with Crippen LogP contribution in [-0.4, -0.2) is 0 Å². The molecule has 1 aliphatic rings. The lowest BCUT2D eigenvalue weighted by atomic mass is 9.86. The second-order valence-corrected chi connectivity index (χ2v) is 5.61. The summed E-state index contributed by atoms with van der Waals surface area (Å²) < 4.78 is 0. The Balaban J connectivity index is 1.91. The topological polar surface area (TPSA) is 0 Å². The van der Waals surface area contributed by atoms with Gasteiger partial charge in [-0.05, 0) is 34.4 Å². The van der Waals surface area contributed by atoms with Crippen LogP contribution in [0.2, 0.25) is 0 Å². The summed E-state index contributed by atoms with van der Waals surface area (Å²) in [6.07, 6.45) is 1.06. The average Bonchev–Trinajstić information content (AvgIpc) is 3.20. The van der Waals surface area contributed by atoms with E-state index in [0.717, 1.165) is 6.42 Å². The number of rotatable bonds is 2. The van der Waals surface area contributed by atoms with Crippen LogP contribution in [0.15, 0.2) is 84.9 Å². The lowest BCUT2D eigenvalue weighted by Gasteiger charge is -2.17. The molecule has 0 aliphatic heterocycles. The highest BCUT2D eigenvalue weighted by atomic mass is 14.5. The average molecular weight is 256 g/mol. The number of fused-ring (bicyclic) bond motifs is 1. The predicted molar refractivity (Wildman–Crippen MR) is 84.9 cm³/mol. The van der Waals surface area contributed by atoms with Crippen LogP contribution in [0.1, 0.15) is 17.5 Å². The van der Waals surface area contributed by atoms with Gasteiger partial charge in [0.25, 0.3) is 0 Å². The summed E-state index contributed by atoms with van der Waals surface area (Å²) in [5, 5.41) is 2.60. The van der Waals surface area contributed by atoms with E-state index in [1.54, 1.807) is 0 Å². The molecule has 1 fully saturated rings. The minimum Gasteiger partial charge on any atom is -0.0986 e. The summed E-state index contributed by atoms with van der Waals surface area (Å²) in [5.74, 6) is 0. The lowest BCUT2D eigenvalue weighted by Crippen LogP contribution is -2.08. The Morgan fingerprint density at radius 2 is 1.35 bits per heavy atom. The van der Waals surface area contributed by atoms with Crippen molar-refractivity contribution in [1.82, 2.24) is 0 Å². The minimum absolute atomic E-state index is 0.0469. The van der Waals surface area contributed by atoms with Crippen LogP contribution in [0.4, 0.5) is 0 Å². The number of benzene rings is 3. The Bertz CT molecular complexity index is 798. The Kier molecular flexibility index (Phi) is 2.34. The van der Waals surface area contributed by atoms with E-state index in [4.69, 9.17) is 0 Å². The van der Waals surface area contributed by atoms with E-state index in [9.17, 15) is 0 Å². The van der Waals surface area contributed by atoms with Gasteiger partial charge in [0.1, 0.15) is 0 Å². The maximum Gasteiger partial charge on any atom is 0.0446 e. The molecule has 96 valence electrons. The fourth-order valence-electron chi connectivity index (χ4n) is 3.23. The molecule has 0 bridgehead atoms. The smallest absolute Gasteiger partial charge is 0.0446 e. The van der Waals surface area contributed by atoms with Gasteiger partial charge in [-0.15, -0.1) is 0 Å². The van der Waals surface area contributed by atoms with Crippen LogP contribution in [-0.2, 0) is 5.41 Å². The maximum atomic E-state index is 4.25. The summed E-state index contributed by atoms with van der Waals surface area (Å²) in [4.78, 5) is 0. The first-order valence-corrected chi connectivity index (χ1v) is 7.04. The molecule has 0 saturated heterocycles. The molecule has 0 N–H and O–H groups in total. The monoisotopic (exact) mass is 256 g/mol. The van der Waals surface area contributed by atoms with Gasteiger partial charge in [0.2, 0.25) is 0 Å². The second-order valence-electron chi connectivity index (χ2n) is 5.61. The zero-order valence-corrected chi connectivity index (χ0v) is 11.3. The molecular weight excluding hydrogens is 240 g/mol. The van der Waals surface area contributed by atoms with Crippen LogP contribution < -0.4 is 0 Å². The molecule has 0 amide bonds. The van der Waals surface area contributed by atoms with Crippen molar-refractivity contribution in [2.24, 2.45) is 0 Å². The third-order valence-electron chi connectivity index (χ3n) is 4.47. The molecular formula is C20H16. The molecule has 0 aromatic heterocycles. The predicted octanol–water partition coefficient (Wildman–Crippen LogP) is 5.09. The zero-order valence-electron chi connectivity index (χ0n) is 11.3. The van der Waals surface area contributed by atoms with Gasteiger partial charge in [-0.1, -0.05) is 78.9 Å². The molecule has 3 aromatic carbocycles. The largest absolute Gasteiger partial charge is 0.0986 e. The first kappa shape index (κ1) is 11.5. The van der Waals surface area contributed by atoms with Gasteiger partial charge in [-0.2, -0.15) is 0 Å². The highest BCUT2D eigenvalue weighted by Gasteiger charge is 2.50. The summed E-state index contributed by atoms with van der Waals surface area (Å²) in [5.41, 5.74) is 4.09. The highest BCUT2D eigenvalue weighted by molar-refractivity contribution is 5.84. The molecule has 3 aromatic rings. The molecule has 0 heteroatoms. The van der Waals surface area contributed by atoms with Gasteiger partial charge < -0.3 is 0 Å². The lowest BCUT2D eigenvalue weighted by molar-refractivity contribution is 0.883. The van der Waals surface area contributed by atoms with Crippen molar-refractivity contribution in [3.8, 4) is 0 Å². The van der Waals surface area contributed by atoms with E-state index in [1.165, 1.54) is 27.5 Å². The first-order chi connectivity index (χ1) is 9.80. The van der Waals surface area contributed by atoms with Crippen molar-refractivity contribution in [3.63, 3.8) is 0 Å². The van der Waals surface area contributed by atoms with Gasteiger partial charge in [0.15, 0.2) is 0 Å². The van der Waals surface area contributed by atoms with Crippen LogP contribution in [0.25, 0.3) is 10.8 Å². The molecule has 20 heavy (non-hydrogen) atoms. The van der Waals surface area contributed by atoms with Crippen LogP contribution in [0, 0.1) is 0 Å². The van der Waals surface area contributed by atoms with E-state index >= 15 is 0 Å². The van der Waals surface area contributed by atoms with Gasteiger partial charge in [-0.25, -0.2) is 0 Å². The minimum atomic E-state index is 0.0469. The van der Waals surface area contributed by atoms with E-state index < -0.39 is 0 Å². The number of hydrogen-bond donors (Lipinski definition) is 0. The zero-order chi connectivity index (χ0) is 13.6. The molecule has 1 atom stereocenters. The summed E-state index contributed by atoms with van der Waals surface area (Å²) in [6.45, 7) is 4.25. The Hall–Kier alpha value is -2.34. The Labute approximate surface area is 119 Å². The molecule has 0 nitrogen and oxygen atoms in total. The maximum absolute atomic E-state index is 4.25. The molecule has 1 saturated carbocycles. The molecule has 0 radical (unpaired) electrons. The normalized spacial score (nSPS) is 21.1. The number of hydrogen-bond acceptors (Lipinski definition) is 0. The standard InChI is InChI=1S/C20H16/c1-15-14-20(15,18-9-3-2-4-10-18)19-12-11-16-7-5-6-8-17(16)13-19/h2-13H,1,14H2. The molecule has 0 heterocycles. The van der Waals surface area contributed by atoms with Gasteiger partial charge in [-0.3, -0.25) is 0 Å². The van der Waals surface area contributed by atoms with E-state index in [1.807, 2.05) is 0 Å². The van der Waals surface area contributed by atoms with Crippen molar-refractivity contribution in [3.05, 3.63) is 96.1 Å². The summed E-state index contributed by atoms with van der Waals surface area (Å²) in [7, 11) is 0. The Morgan fingerprint density at radius 3 is 2.05 bits per heavy atom. The summed E-state index contributed by atoms with van der Waals surface area (Å²) >= 11 is 0. The van der Waals surface area contributed by atoms with E-state index in [2.05, 4.69) is 79.4 Å². The van der Waals surface area contributed by atoms with Crippen molar-refractivity contribution in [2.75, 3.05) is 0 Å². The first-order valence-electron chi connectivity index (χ1n) is 7.04. The third kappa shape index (κ3) is 1.55. The van der Waals surface area contributed by atoms with Gasteiger partial charge >= 0.3 is 0 Å². The van der Waals surface area contributed by atoms with Crippen LogP contribution in [0.5, 0.6) is 0 Å². The van der Waals surface area contributed by atoms with E-state index in [0.29, 0.717) is 0 Å². The quantitative estimate of drug-likeness (QED) is 0.560. The van der Waals surface area contributed by atoms with Crippen molar-refractivity contribution < 1.29 is 0 Å². The van der Waals surface area contributed by atoms with Crippen molar-refractivity contribution in [1.29, 1.82) is 0 Å². The summed E-state index contributed by atoms with van der Waals surface area (Å²) in [6, 6.07) is 26.1. The van der Waals surface area contributed by atoms with Gasteiger partial charge in [0, 0.05) is 5.41 Å². The third-order valence-corrected chi connectivity index (χ3v) is 4.47. The SMILES string of the molecule is C=C1CC1(c1ccccc1)c1ccc2ccccc2c1. The van der Waals surface area contributed by atoms with Crippen LogP contribution >= 0.6 is 0 Å². The molecule has 4 rings (SSSR count). The number of allylic oxidation sites excluding steroid dienone is 1. The van der Waals surface area contributed by atoms with E-state index in [-0.39, 0.29) is 5.41 Å². The Morgan fingerprint density at radius 1 is 0.700 bits per heavy atom.